The number of nitrogens with zero attached hydrogens (tertiary/aromatic N) is 3. The van der Waals surface area contributed by atoms with Crippen LogP contribution in [-0.2, 0) is 6.54 Å². The maximum atomic E-state index is 8.83. The number of thiazole rings is 1. The predicted molar refractivity (Wildman–Crippen MR) is 102 cm³/mol. The second kappa shape index (κ2) is 6.80. The summed E-state index contributed by atoms with van der Waals surface area (Å²) in [5.74, 6) is 0. The van der Waals surface area contributed by atoms with Crippen molar-refractivity contribution in [2.75, 3.05) is 23.3 Å². The summed E-state index contributed by atoms with van der Waals surface area (Å²) in [7, 11) is 0. The molecule has 4 nitrogen and oxygen atoms in total. The lowest BCUT2D eigenvalue weighted by Gasteiger charge is -2.25. The number of hydrogen-bond donors (Lipinski definition) is 1. The maximum Gasteiger partial charge on any atom is 0.187 e. The topological polar surface area (TPSA) is 52.0 Å². The highest BCUT2D eigenvalue weighted by atomic mass is 32.1. The molecule has 1 aliphatic rings. The lowest BCUT2D eigenvalue weighted by Crippen LogP contribution is -2.29. The summed E-state index contributed by atoms with van der Waals surface area (Å²) in [4.78, 5) is 9.70. The molecule has 0 amide bonds. The van der Waals surface area contributed by atoms with Crippen molar-refractivity contribution in [1.29, 1.82) is 5.26 Å². The van der Waals surface area contributed by atoms with Crippen LogP contribution in [-0.4, -0.2) is 18.1 Å². The third kappa shape index (κ3) is 3.23. The molecule has 0 atom stereocenters. The summed E-state index contributed by atoms with van der Waals surface area (Å²) < 4.78 is 1.29. The largest absolute Gasteiger partial charge is 0.380 e. The highest BCUT2D eigenvalue weighted by Gasteiger charge is 2.16. The van der Waals surface area contributed by atoms with Crippen molar-refractivity contribution in [2.24, 2.45) is 0 Å². The Morgan fingerprint density at radius 3 is 2.62 bits per heavy atom. The Morgan fingerprint density at radius 1 is 1.12 bits per heavy atom. The van der Waals surface area contributed by atoms with Crippen molar-refractivity contribution in [3.05, 3.63) is 40.8 Å². The Hall–Kier alpha value is -2.10. The summed E-state index contributed by atoms with van der Waals surface area (Å²) in [5, 5.41) is 13.4. The second-order valence-corrected chi connectivity index (χ2v) is 8.09. The Labute approximate surface area is 149 Å². The molecule has 0 saturated carbocycles. The standard InChI is InChI=1S/C18H18N4S2/c19-11-13-4-6-14(7-5-13)20-12-15-10-16-17(23-15)21-18(24-16)22-8-2-1-3-9-22/h4-7,10,20H,1-3,8-9,12H2. The van der Waals surface area contributed by atoms with Crippen molar-refractivity contribution >= 4 is 43.0 Å². The maximum absolute atomic E-state index is 8.83. The van der Waals surface area contributed by atoms with Crippen LogP contribution in [0.1, 0.15) is 29.7 Å². The first-order chi connectivity index (χ1) is 11.8. The van der Waals surface area contributed by atoms with Gasteiger partial charge >= 0.3 is 0 Å². The number of benzene rings is 1. The van der Waals surface area contributed by atoms with E-state index < -0.39 is 0 Å². The molecule has 0 bridgehead atoms. The average molecular weight is 355 g/mol. The molecule has 1 saturated heterocycles. The van der Waals surface area contributed by atoms with E-state index in [2.05, 4.69) is 22.4 Å². The third-order valence-electron chi connectivity index (χ3n) is 4.24. The Balaban J connectivity index is 1.43. The molecule has 3 aromatic rings. The van der Waals surface area contributed by atoms with Gasteiger partial charge in [0.1, 0.15) is 4.83 Å². The van der Waals surface area contributed by atoms with Gasteiger partial charge < -0.3 is 10.2 Å². The Bertz CT molecular complexity index is 835. The molecule has 0 spiro atoms. The molecule has 2 aromatic heterocycles. The van der Waals surface area contributed by atoms with Crippen LogP contribution in [0.4, 0.5) is 10.8 Å². The molecule has 1 aliphatic heterocycles. The van der Waals surface area contributed by atoms with Crippen LogP contribution in [0.15, 0.2) is 30.3 Å². The molecular formula is C18H18N4S2. The van der Waals surface area contributed by atoms with E-state index in [4.69, 9.17) is 10.2 Å². The van der Waals surface area contributed by atoms with Crippen molar-refractivity contribution in [3.63, 3.8) is 0 Å². The van der Waals surface area contributed by atoms with Gasteiger partial charge in [-0.05, 0) is 49.6 Å². The van der Waals surface area contributed by atoms with E-state index in [1.807, 2.05) is 35.6 Å². The molecule has 1 aromatic carbocycles. The first kappa shape index (κ1) is 15.4. The zero-order valence-electron chi connectivity index (χ0n) is 13.3. The fourth-order valence-electron chi connectivity index (χ4n) is 2.93. The first-order valence-corrected chi connectivity index (χ1v) is 9.83. The number of nitriles is 1. The minimum Gasteiger partial charge on any atom is -0.380 e. The molecule has 0 aliphatic carbocycles. The predicted octanol–water partition coefficient (Wildman–Crippen LogP) is 4.83. The van der Waals surface area contributed by atoms with E-state index in [0.717, 1.165) is 30.2 Å². The lowest BCUT2D eigenvalue weighted by molar-refractivity contribution is 0.577. The number of anilines is 2. The molecule has 0 radical (unpaired) electrons. The summed E-state index contributed by atoms with van der Waals surface area (Å²) in [6.45, 7) is 3.08. The third-order valence-corrected chi connectivity index (χ3v) is 6.46. The highest BCUT2D eigenvalue weighted by molar-refractivity contribution is 7.29. The van der Waals surface area contributed by atoms with Crippen molar-refractivity contribution < 1.29 is 0 Å². The van der Waals surface area contributed by atoms with Crippen LogP contribution in [0.2, 0.25) is 0 Å². The highest BCUT2D eigenvalue weighted by Crippen LogP contribution is 2.35. The van der Waals surface area contributed by atoms with Gasteiger partial charge in [-0.2, -0.15) is 5.26 Å². The second-order valence-electron chi connectivity index (χ2n) is 5.97. The van der Waals surface area contributed by atoms with Crippen LogP contribution in [0.3, 0.4) is 0 Å². The van der Waals surface area contributed by atoms with E-state index in [-0.39, 0.29) is 0 Å². The SMILES string of the molecule is N#Cc1ccc(NCc2cc3sc(N4CCCCC4)nc3s2)cc1. The fraction of sp³-hybridized carbons (Fsp3) is 0.333. The van der Waals surface area contributed by atoms with Gasteiger partial charge in [0.25, 0.3) is 0 Å². The van der Waals surface area contributed by atoms with Gasteiger partial charge in [-0.3, -0.25) is 0 Å². The van der Waals surface area contributed by atoms with Gasteiger partial charge in [-0.15, -0.1) is 11.3 Å². The van der Waals surface area contributed by atoms with Crippen molar-refractivity contribution in [2.45, 2.75) is 25.8 Å². The number of rotatable bonds is 4. The smallest absolute Gasteiger partial charge is 0.187 e. The molecule has 6 heteroatoms. The molecule has 1 N–H and O–H groups in total. The number of aromatic nitrogens is 1. The number of fused-ring (bicyclic) bond motifs is 1. The van der Waals surface area contributed by atoms with Crippen LogP contribution >= 0.6 is 22.7 Å². The molecule has 0 unspecified atom stereocenters. The van der Waals surface area contributed by atoms with Gasteiger partial charge in [0.15, 0.2) is 5.13 Å². The van der Waals surface area contributed by atoms with Gasteiger partial charge in [0, 0.05) is 30.2 Å². The lowest BCUT2D eigenvalue weighted by atomic mass is 10.1. The molecule has 1 fully saturated rings. The van der Waals surface area contributed by atoms with Gasteiger partial charge in [-0.25, -0.2) is 4.98 Å². The van der Waals surface area contributed by atoms with Crippen LogP contribution in [0, 0.1) is 11.3 Å². The summed E-state index contributed by atoms with van der Waals surface area (Å²) >= 11 is 3.58. The van der Waals surface area contributed by atoms with E-state index in [9.17, 15) is 0 Å². The minimum atomic E-state index is 0.687. The molecular weight excluding hydrogens is 336 g/mol. The quantitative estimate of drug-likeness (QED) is 0.729. The van der Waals surface area contributed by atoms with Crippen LogP contribution in [0.25, 0.3) is 9.53 Å². The number of hydrogen-bond acceptors (Lipinski definition) is 6. The van der Waals surface area contributed by atoms with E-state index in [1.54, 1.807) is 11.3 Å². The summed E-state index contributed by atoms with van der Waals surface area (Å²) in [6.07, 6.45) is 3.92. The normalized spacial score (nSPS) is 14.7. The zero-order chi connectivity index (χ0) is 16.4. The van der Waals surface area contributed by atoms with Crippen LogP contribution in [0.5, 0.6) is 0 Å². The van der Waals surface area contributed by atoms with Crippen LogP contribution < -0.4 is 10.2 Å². The molecule has 122 valence electrons. The molecule has 24 heavy (non-hydrogen) atoms. The van der Waals surface area contributed by atoms with Gasteiger partial charge in [0.05, 0.1) is 16.3 Å². The van der Waals surface area contributed by atoms with Gasteiger partial charge in [-0.1, -0.05) is 11.3 Å². The summed E-state index contributed by atoms with van der Waals surface area (Å²) in [5.41, 5.74) is 1.72. The zero-order valence-corrected chi connectivity index (χ0v) is 14.9. The average Bonchev–Trinajstić information content (AvgIpc) is 3.20. The van der Waals surface area contributed by atoms with Gasteiger partial charge in [0.2, 0.25) is 0 Å². The number of nitrogens with one attached hydrogen (secondary N) is 1. The van der Waals surface area contributed by atoms with E-state index in [1.165, 1.54) is 34.0 Å². The van der Waals surface area contributed by atoms with Crippen molar-refractivity contribution in [3.8, 4) is 6.07 Å². The summed E-state index contributed by atoms with van der Waals surface area (Å²) in [6, 6.07) is 12.0. The Kier molecular flexibility index (Phi) is 4.37. The minimum absolute atomic E-state index is 0.687. The van der Waals surface area contributed by atoms with E-state index >= 15 is 0 Å². The van der Waals surface area contributed by atoms with Crippen molar-refractivity contribution in [1.82, 2.24) is 4.98 Å². The number of thiophene rings is 1. The molecule has 3 heterocycles. The number of piperidine rings is 1. The first-order valence-electron chi connectivity index (χ1n) is 8.20. The molecule has 4 rings (SSSR count). The Morgan fingerprint density at radius 2 is 1.92 bits per heavy atom. The monoisotopic (exact) mass is 354 g/mol. The fourth-order valence-corrected chi connectivity index (χ4v) is 5.15. The van der Waals surface area contributed by atoms with E-state index in [0.29, 0.717) is 5.56 Å².